The van der Waals surface area contributed by atoms with E-state index in [0.29, 0.717) is 0 Å². The van der Waals surface area contributed by atoms with Crippen molar-refractivity contribution in [1.29, 1.82) is 0 Å². The van der Waals surface area contributed by atoms with Crippen LogP contribution >= 0.6 is 0 Å². The van der Waals surface area contributed by atoms with Crippen molar-refractivity contribution in [2.24, 2.45) is 0 Å². The topological polar surface area (TPSA) is 25.8 Å². The molecule has 3 heteroatoms. The van der Waals surface area contributed by atoms with Crippen LogP contribution in [-0.2, 0) is 25.8 Å². The first-order chi connectivity index (χ1) is 4.61. The van der Waals surface area contributed by atoms with Crippen LogP contribution in [0.2, 0.25) is 0 Å². The fraction of sp³-hybridized carbons (Fsp3) is 0.500. The molecule has 1 heterocycles. The Morgan fingerprint density at radius 3 is 2.27 bits per heavy atom. The van der Waals surface area contributed by atoms with E-state index in [1.807, 2.05) is 6.07 Å². The second-order valence-corrected chi connectivity index (χ2v) is 3.29. The van der Waals surface area contributed by atoms with Gasteiger partial charge in [-0.15, -0.1) is 6.07 Å². The Labute approximate surface area is 81.1 Å². The van der Waals surface area contributed by atoms with E-state index in [4.69, 9.17) is 0 Å². The third-order valence-electron chi connectivity index (χ3n) is 1.30. The number of rotatable bonds is 0. The first-order valence-corrected chi connectivity index (χ1v) is 3.30. The second-order valence-electron chi connectivity index (χ2n) is 3.29. The van der Waals surface area contributed by atoms with Crippen LogP contribution in [-0.4, -0.2) is 9.97 Å². The summed E-state index contributed by atoms with van der Waals surface area (Å²) in [7, 11) is 0. The van der Waals surface area contributed by atoms with Crippen molar-refractivity contribution >= 4 is 0 Å². The molecule has 1 radical (unpaired) electrons. The van der Waals surface area contributed by atoms with E-state index in [1.54, 1.807) is 6.20 Å². The molecule has 0 N–H and O–H groups in total. The Morgan fingerprint density at radius 1 is 1.36 bits per heavy atom. The minimum atomic E-state index is 0. The van der Waals surface area contributed by atoms with Crippen molar-refractivity contribution in [1.82, 2.24) is 9.97 Å². The molecule has 0 fully saturated rings. The summed E-state index contributed by atoms with van der Waals surface area (Å²) in [4.78, 5) is 7.74. The molecular weight excluding hydrogens is 310 g/mol. The predicted octanol–water partition coefficient (Wildman–Crippen LogP) is 1.57. The summed E-state index contributed by atoms with van der Waals surface area (Å²) in [6, 6.07) is 1.91. The molecule has 0 bridgehead atoms. The quantitative estimate of drug-likeness (QED) is 0.678. The second kappa shape index (κ2) is 3.94. The van der Waals surface area contributed by atoms with Gasteiger partial charge in [-0.2, -0.15) is 0 Å². The normalized spacial score (nSPS) is 10.5. The van der Waals surface area contributed by atoms with Crippen molar-refractivity contribution in [2.75, 3.05) is 0 Å². The smallest absolute Gasteiger partial charge is 0.0216 e. The number of hydrogen-bond donors (Lipinski definition) is 0. The van der Waals surface area contributed by atoms with Crippen LogP contribution in [0.3, 0.4) is 0 Å². The van der Waals surface area contributed by atoms with Gasteiger partial charge in [0.25, 0.3) is 0 Å². The van der Waals surface area contributed by atoms with Gasteiger partial charge in [0, 0.05) is 26.8 Å². The zero-order chi connectivity index (χ0) is 7.61. The molecule has 0 saturated heterocycles. The molecule has 0 aliphatic heterocycles. The van der Waals surface area contributed by atoms with Crippen molar-refractivity contribution in [2.45, 2.75) is 26.2 Å². The summed E-state index contributed by atoms with van der Waals surface area (Å²) in [5.74, 6) is 0. The van der Waals surface area contributed by atoms with Crippen LogP contribution in [0.25, 0.3) is 0 Å². The summed E-state index contributed by atoms with van der Waals surface area (Å²) in [6.07, 6.45) is 4.28. The fourth-order valence-corrected chi connectivity index (χ4v) is 0.679. The molecule has 0 atom stereocenters. The minimum absolute atomic E-state index is 0. The molecule has 0 spiro atoms. The maximum Gasteiger partial charge on any atom is 0.0216 e. The van der Waals surface area contributed by atoms with Crippen LogP contribution in [0, 0.1) is 6.33 Å². The Kier molecular flexibility index (Phi) is 3.85. The molecular formula is C8H11N2Re-. The molecule has 1 aromatic rings. The molecule has 1 rings (SSSR count). The maximum atomic E-state index is 4.01. The van der Waals surface area contributed by atoms with E-state index in [-0.39, 0.29) is 25.8 Å². The molecule has 0 aliphatic rings. The summed E-state index contributed by atoms with van der Waals surface area (Å²) in [5.41, 5.74) is 1.14. The van der Waals surface area contributed by atoms with Crippen LogP contribution in [0.5, 0.6) is 0 Å². The molecule has 1 aromatic heterocycles. The van der Waals surface area contributed by atoms with E-state index in [2.05, 4.69) is 37.1 Å². The predicted molar refractivity (Wildman–Crippen MR) is 39.6 cm³/mol. The molecule has 0 unspecified atom stereocenters. The maximum absolute atomic E-state index is 4.01. The molecule has 0 aliphatic carbocycles. The minimum Gasteiger partial charge on any atom is -0.374 e. The van der Waals surface area contributed by atoms with Gasteiger partial charge in [0.1, 0.15) is 0 Å². The first kappa shape index (κ1) is 10.7. The first-order valence-electron chi connectivity index (χ1n) is 3.30. The zero-order valence-electron chi connectivity index (χ0n) is 6.93. The van der Waals surface area contributed by atoms with Crippen LogP contribution in [0.4, 0.5) is 0 Å². The van der Waals surface area contributed by atoms with E-state index < -0.39 is 0 Å². The van der Waals surface area contributed by atoms with Gasteiger partial charge in [0.2, 0.25) is 0 Å². The van der Waals surface area contributed by atoms with Gasteiger partial charge >= 0.3 is 0 Å². The average Bonchev–Trinajstić information content (AvgIpc) is 1.88. The summed E-state index contributed by atoms with van der Waals surface area (Å²) in [6.45, 7) is 6.34. The van der Waals surface area contributed by atoms with Crippen LogP contribution in [0.15, 0.2) is 12.3 Å². The standard InChI is InChI=1S/C8H11N2.Re/c1-8(2,3)7-4-5-9-6-10-7;/h4-5H,1-3H3;/q-1;. The molecule has 0 aromatic carbocycles. The Bertz CT molecular complexity index is 203. The number of hydrogen-bond acceptors (Lipinski definition) is 2. The Hall–Kier alpha value is -0.258. The molecule has 61 valence electrons. The van der Waals surface area contributed by atoms with Crippen molar-refractivity contribution in [3.05, 3.63) is 24.3 Å². The van der Waals surface area contributed by atoms with E-state index >= 15 is 0 Å². The number of aromatic nitrogens is 2. The molecule has 0 saturated carbocycles. The molecule has 2 nitrogen and oxygen atoms in total. The van der Waals surface area contributed by atoms with Crippen LogP contribution < -0.4 is 0 Å². The van der Waals surface area contributed by atoms with Gasteiger partial charge in [-0.05, 0) is 5.41 Å². The van der Waals surface area contributed by atoms with E-state index in [9.17, 15) is 0 Å². The SMILES string of the molecule is CC(C)(C)c1ccn[c-]n1.[Re]. The van der Waals surface area contributed by atoms with Gasteiger partial charge in [-0.3, -0.25) is 0 Å². The summed E-state index contributed by atoms with van der Waals surface area (Å²) in [5, 5.41) is 0. The van der Waals surface area contributed by atoms with Gasteiger partial charge in [-0.1, -0.05) is 32.7 Å². The Morgan fingerprint density at radius 2 is 2.00 bits per heavy atom. The van der Waals surface area contributed by atoms with E-state index in [0.717, 1.165) is 5.69 Å². The van der Waals surface area contributed by atoms with Crippen molar-refractivity contribution < 1.29 is 20.4 Å². The van der Waals surface area contributed by atoms with E-state index in [1.165, 1.54) is 0 Å². The zero-order valence-corrected chi connectivity index (χ0v) is 9.64. The van der Waals surface area contributed by atoms with Crippen LogP contribution in [0.1, 0.15) is 26.5 Å². The van der Waals surface area contributed by atoms with Gasteiger partial charge in [0.05, 0.1) is 0 Å². The van der Waals surface area contributed by atoms with Crippen molar-refractivity contribution in [3.63, 3.8) is 0 Å². The largest absolute Gasteiger partial charge is 0.374 e. The van der Waals surface area contributed by atoms with Gasteiger partial charge in [0.15, 0.2) is 0 Å². The summed E-state index contributed by atoms with van der Waals surface area (Å²) < 4.78 is 0. The van der Waals surface area contributed by atoms with Crippen molar-refractivity contribution in [3.8, 4) is 0 Å². The van der Waals surface area contributed by atoms with Gasteiger partial charge < -0.3 is 9.97 Å². The Balaban J connectivity index is 0.000001000. The molecule has 0 amide bonds. The fourth-order valence-electron chi connectivity index (χ4n) is 0.679. The number of nitrogens with zero attached hydrogens (tertiary/aromatic N) is 2. The molecule has 11 heavy (non-hydrogen) atoms. The summed E-state index contributed by atoms with van der Waals surface area (Å²) >= 11 is 0. The third-order valence-corrected chi connectivity index (χ3v) is 1.30. The van der Waals surface area contributed by atoms with Gasteiger partial charge in [-0.25, -0.2) is 0 Å². The third kappa shape index (κ3) is 3.09. The monoisotopic (exact) mass is 322 g/mol. The average molecular weight is 321 g/mol.